The molecule has 0 atom stereocenters. The van der Waals surface area contributed by atoms with Crippen molar-refractivity contribution < 1.29 is 9.47 Å². The van der Waals surface area contributed by atoms with Gasteiger partial charge in [-0.25, -0.2) is 0 Å². The minimum absolute atomic E-state index is 0.314. The maximum Gasteiger partial charge on any atom is 0.119 e. The van der Waals surface area contributed by atoms with Crippen molar-refractivity contribution >= 4 is 28.5 Å². The number of aromatic nitrogens is 1. The number of methoxy groups -OCH3 is 1. The maximum absolute atomic E-state index is 9.14. The van der Waals surface area contributed by atoms with Crippen LogP contribution in [0.3, 0.4) is 0 Å². The Bertz CT molecular complexity index is 926. The van der Waals surface area contributed by atoms with E-state index in [9.17, 15) is 0 Å². The first-order valence-electron chi connectivity index (χ1n) is 8.23. The molecule has 0 radical (unpaired) electrons. The highest BCUT2D eigenvalue weighted by molar-refractivity contribution is 8.00. The first-order valence-corrected chi connectivity index (χ1v) is 9.05. The molecule has 0 saturated carbocycles. The molecule has 5 nitrogen and oxygen atoms in total. The Hall–Kier alpha value is -2.62. The standard InChI is InChI=1S/C20H21N3O2S/c1-20(2,24-3)13-25-15-7-9-16(10-8-15)26-23-18-6-4-5-17-14(11-21)12-22-19(17)18/h4-10,12,22-23H,13H2,1-3H3. The summed E-state index contributed by atoms with van der Waals surface area (Å²) in [6.07, 6.45) is 1.73. The number of nitrogens with zero attached hydrogens (tertiary/aromatic N) is 1. The minimum atomic E-state index is -0.314. The predicted molar refractivity (Wildman–Crippen MR) is 106 cm³/mol. The van der Waals surface area contributed by atoms with E-state index in [1.807, 2.05) is 56.3 Å². The second kappa shape index (κ2) is 7.73. The summed E-state index contributed by atoms with van der Waals surface area (Å²) in [5.74, 6) is 0.810. The molecule has 0 unspecified atom stereocenters. The molecule has 2 aromatic carbocycles. The third kappa shape index (κ3) is 4.13. The van der Waals surface area contributed by atoms with E-state index in [2.05, 4.69) is 15.8 Å². The van der Waals surface area contributed by atoms with E-state index in [0.717, 1.165) is 27.2 Å². The summed E-state index contributed by atoms with van der Waals surface area (Å²) < 4.78 is 14.5. The van der Waals surface area contributed by atoms with E-state index in [0.29, 0.717) is 12.2 Å². The SMILES string of the molecule is COC(C)(C)COc1ccc(SNc2cccc3c(C#N)c[nH]c23)cc1. The van der Waals surface area contributed by atoms with Crippen LogP contribution in [0.1, 0.15) is 19.4 Å². The van der Waals surface area contributed by atoms with Crippen molar-refractivity contribution in [1.82, 2.24) is 4.98 Å². The van der Waals surface area contributed by atoms with E-state index in [1.54, 1.807) is 13.3 Å². The highest BCUT2D eigenvalue weighted by Crippen LogP contribution is 2.29. The lowest BCUT2D eigenvalue weighted by Gasteiger charge is -2.22. The van der Waals surface area contributed by atoms with Crippen molar-refractivity contribution in [2.75, 3.05) is 18.4 Å². The van der Waals surface area contributed by atoms with Gasteiger partial charge in [-0.05, 0) is 56.1 Å². The molecule has 0 saturated heterocycles. The van der Waals surface area contributed by atoms with Crippen molar-refractivity contribution in [2.24, 2.45) is 0 Å². The molecule has 1 heterocycles. The molecule has 0 bridgehead atoms. The second-order valence-electron chi connectivity index (χ2n) is 6.47. The Morgan fingerprint density at radius 3 is 2.65 bits per heavy atom. The van der Waals surface area contributed by atoms with Crippen LogP contribution in [-0.4, -0.2) is 24.3 Å². The summed E-state index contributed by atoms with van der Waals surface area (Å²) in [5.41, 5.74) is 2.20. The molecule has 0 aliphatic heterocycles. The molecule has 0 aliphatic rings. The zero-order chi connectivity index (χ0) is 18.6. The van der Waals surface area contributed by atoms with Crippen molar-refractivity contribution in [2.45, 2.75) is 24.3 Å². The van der Waals surface area contributed by atoms with Gasteiger partial charge in [0.15, 0.2) is 0 Å². The number of hydrogen-bond donors (Lipinski definition) is 2. The van der Waals surface area contributed by atoms with E-state index >= 15 is 0 Å². The lowest BCUT2D eigenvalue weighted by Crippen LogP contribution is -2.30. The Balaban J connectivity index is 1.64. The highest BCUT2D eigenvalue weighted by atomic mass is 32.2. The summed E-state index contributed by atoms with van der Waals surface area (Å²) in [5, 5.41) is 10.1. The van der Waals surface area contributed by atoms with Gasteiger partial charge in [0.2, 0.25) is 0 Å². The maximum atomic E-state index is 9.14. The van der Waals surface area contributed by atoms with Gasteiger partial charge in [0, 0.05) is 23.6 Å². The van der Waals surface area contributed by atoms with Gasteiger partial charge in [-0.3, -0.25) is 0 Å². The normalized spacial score (nSPS) is 11.3. The third-order valence-electron chi connectivity index (χ3n) is 4.08. The fraction of sp³-hybridized carbons (Fsp3) is 0.250. The Morgan fingerprint density at radius 2 is 1.96 bits per heavy atom. The molecule has 0 fully saturated rings. The largest absolute Gasteiger partial charge is 0.491 e. The average molecular weight is 367 g/mol. The van der Waals surface area contributed by atoms with Gasteiger partial charge in [0.25, 0.3) is 0 Å². The van der Waals surface area contributed by atoms with Crippen molar-refractivity contribution in [3.8, 4) is 11.8 Å². The van der Waals surface area contributed by atoms with Crippen LogP contribution < -0.4 is 9.46 Å². The molecule has 6 heteroatoms. The number of ether oxygens (including phenoxy) is 2. The molecule has 0 amide bonds. The highest BCUT2D eigenvalue weighted by Gasteiger charge is 2.17. The molecular weight excluding hydrogens is 346 g/mol. The Kier molecular flexibility index (Phi) is 5.40. The first-order chi connectivity index (χ1) is 12.5. The number of hydrogen-bond acceptors (Lipinski definition) is 5. The van der Waals surface area contributed by atoms with Gasteiger partial charge in [0.05, 0.1) is 22.4 Å². The first kappa shape index (κ1) is 18.2. The van der Waals surface area contributed by atoms with Crippen LogP contribution in [0.2, 0.25) is 0 Å². The molecular formula is C20H21N3O2S. The molecule has 0 spiro atoms. The van der Waals surface area contributed by atoms with Crippen molar-refractivity contribution in [3.63, 3.8) is 0 Å². The number of para-hydroxylation sites is 1. The van der Waals surface area contributed by atoms with Gasteiger partial charge in [-0.1, -0.05) is 12.1 Å². The fourth-order valence-corrected chi connectivity index (χ4v) is 3.04. The van der Waals surface area contributed by atoms with Crippen LogP contribution >= 0.6 is 11.9 Å². The molecule has 0 aliphatic carbocycles. The smallest absolute Gasteiger partial charge is 0.119 e. The topological polar surface area (TPSA) is 70.1 Å². The summed E-state index contributed by atoms with van der Waals surface area (Å²) in [4.78, 5) is 4.22. The van der Waals surface area contributed by atoms with Crippen LogP contribution in [0.25, 0.3) is 10.9 Å². The van der Waals surface area contributed by atoms with Gasteiger partial charge in [0.1, 0.15) is 18.4 Å². The summed E-state index contributed by atoms with van der Waals surface area (Å²) in [6.45, 7) is 4.46. The van der Waals surface area contributed by atoms with Crippen LogP contribution in [0.4, 0.5) is 5.69 Å². The Morgan fingerprint density at radius 1 is 1.19 bits per heavy atom. The van der Waals surface area contributed by atoms with E-state index in [1.165, 1.54) is 11.9 Å². The van der Waals surface area contributed by atoms with Gasteiger partial charge in [-0.15, -0.1) is 0 Å². The number of fused-ring (bicyclic) bond motifs is 1. The molecule has 3 aromatic rings. The van der Waals surface area contributed by atoms with E-state index < -0.39 is 0 Å². The number of H-pyrrole nitrogens is 1. The number of nitrogens with one attached hydrogen (secondary N) is 2. The van der Waals surface area contributed by atoms with Crippen LogP contribution in [-0.2, 0) is 4.74 Å². The van der Waals surface area contributed by atoms with Crippen LogP contribution in [0.15, 0.2) is 53.6 Å². The lowest BCUT2D eigenvalue weighted by atomic mass is 10.1. The van der Waals surface area contributed by atoms with Crippen LogP contribution in [0, 0.1) is 11.3 Å². The Labute approximate surface area is 157 Å². The lowest BCUT2D eigenvalue weighted by molar-refractivity contribution is -0.0146. The predicted octanol–water partition coefficient (Wildman–Crippen LogP) is 4.96. The van der Waals surface area contributed by atoms with E-state index in [-0.39, 0.29) is 5.60 Å². The molecule has 1 aromatic heterocycles. The molecule has 134 valence electrons. The zero-order valence-corrected chi connectivity index (χ0v) is 15.8. The zero-order valence-electron chi connectivity index (χ0n) is 15.0. The quantitative estimate of drug-likeness (QED) is 0.578. The summed E-state index contributed by atoms with van der Waals surface area (Å²) >= 11 is 1.51. The minimum Gasteiger partial charge on any atom is -0.491 e. The molecule has 3 rings (SSSR count). The van der Waals surface area contributed by atoms with Gasteiger partial charge < -0.3 is 19.2 Å². The second-order valence-corrected chi connectivity index (χ2v) is 7.35. The fourth-order valence-electron chi connectivity index (χ4n) is 2.37. The van der Waals surface area contributed by atoms with Crippen LogP contribution in [0.5, 0.6) is 5.75 Å². The molecule has 26 heavy (non-hydrogen) atoms. The van der Waals surface area contributed by atoms with Gasteiger partial charge in [-0.2, -0.15) is 5.26 Å². The van der Waals surface area contributed by atoms with Gasteiger partial charge >= 0.3 is 0 Å². The number of rotatable bonds is 7. The number of anilines is 1. The average Bonchev–Trinajstić information content (AvgIpc) is 3.09. The summed E-state index contributed by atoms with van der Waals surface area (Å²) in [6, 6.07) is 15.9. The van der Waals surface area contributed by atoms with Crippen molar-refractivity contribution in [1.29, 1.82) is 5.26 Å². The van der Waals surface area contributed by atoms with Crippen molar-refractivity contribution in [3.05, 3.63) is 54.2 Å². The molecule has 2 N–H and O–H groups in total. The number of aromatic amines is 1. The third-order valence-corrected chi connectivity index (χ3v) is 4.91. The van der Waals surface area contributed by atoms with E-state index in [4.69, 9.17) is 14.7 Å². The summed E-state index contributed by atoms with van der Waals surface area (Å²) in [7, 11) is 1.68. The monoisotopic (exact) mass is 367 g/mol. The number of benzene rings is 2. The number of nitriles is 1.